The van der Waals surface area contributed by atoms with Gasteiger partial charge in [-0.15, -0.1) is 10.2 Å². The molecule has 0 radical (unpaired) electrons. The summed E-state index contributed by atoms with van der Waals surface area (Å²) in [4.78, 5) is 12.5. The van der Waals surface area contributed by atoms with E-state index in [1.165, 1.54) is 24.8 Å². The van der Waals surface area contributed by atoms with E-state index < -0.39 is 23.6 Å². The Morgan fingerprint density at radius 3 is 2.56 bits per heavy atom. The van der Waals surface area contributed by atoms with Crippen molar-refractivity contribution in [1.82, 2.24) is 14.8 Å². The fourth-order valence-corrected chi connectivity index (χ4v) is 3.22. The van der Waals surface area contributed by atoms with Gasteiger partial charge >= 0.3 is 6.18 Å². The third kappa shape index (κ3) is 3.55. The van der Waals surface area contributed by atoms with Crippen LogP contribution in [0.5, 0.6) is 0 Å². The Bertz CT molecular complexity index is 969. The van der Waals surface area contributed by atoms with Crippen molar-refractivity contribution >= 4 is 11.6 Å². The second-order valence-corrected chi connectivity index (χ2v) is 6.44. The first-order chi connectivity index (χ1) is 12.9. The minimum Gasteiger partial charge on any atom is -0.326 e. The van der Waals surface area contributed by atoms with Gasteiger partial charge in [0.2, 0.25) is 5.91 Å². The van der Waals surface area contributed by atoms with E-state index in [9.17, 15) is 18.0 Å². The number of aromatic nitrogens is 3. The van der Waals surface area contributed by atoms with Crippen LogP contribution in [0.25, 0.3) is 5.69 Å². The summed E-state index contributed by atoms with van der Waals surface area (Å²) in [7, 11) is 0. The average Bonchev–Trinajstić information content (AvgIpc) is 3.26. The summed E-state index contributed by atoms with van der Waals surface area (Å²) in [5, 5.41) is 10.3. The van der Waals surface area contributed by atoms with Crippen molar-refractivity contribution in [3.63, 3.8) is 0 Å². The summed E-state index contributed by atoms with van der Waals surface area (Å²) in [6.45, 7) is 0. The van der Waals surface area contributed by atoms with E-state index in [-0.39, 0.29) is 11.5 Å². The predicted octanol–water partition coefficient (Wildman–Crippen LogP) is 4.03. The lowest BCUT2D eigenvalue weighted by Gasteiger charge is -2.12. The van der Waals surface area contributed by atoms with Gasteiger partial charge in [-0.25, -0.2) is 0 Å². The van der Waals surface area contributed by atoms with E-state index in [0.29, 0.717) is 12.1 Å². The number of anilines is 1. The van der Waals surface area contributed by atoms with Crippen LogP contribution in [0.15, 0.2) is 61.2 Å². The van der Waals surface area contributed by atoms with Gasteiger partial charge in [-0.1, -0.05) is 24.3 Å². The van der Waals surface area contributed by atoms with Gasteiger partial charge in [0.05, 0.1) is 11.3 Å². The Hall–Kier alpha value is -3.16. The molecular weight excluding hydrogens is 357 g/mol. The number of alkyl halides is 3. The second kappa shape index (κ2) is 6.53. The Morgan fingerprint density at radius 1 is 1.07 bits per heavy atom. The summed E-state index contributed by atoms with van der Waals surface area (Å²) in [5.41, 5.74) is 0.858. The maximum Gasteiger partial charge on any atom is 0.416 e. The molecule has 27 heavy (non-hydrogen) atoms. The SMILES string of the molecule is O=C(Nc1cccc(-n2cnnc2)c1)[C@H]1C[C@@H]1c1ccccc1C(F)(F)F. The van der Waals surface area contributed by atoms with Crippen molar-refractivity contribution in [3.8, 4) is 5.69 Å². The zero-order valence-electron chi connectivity index (χ0n) is 14.0. The molecule has 0 unspecified atom stereocenters. The van der Waals surface area contributed by atoms with Crippen LogP contribution in [0.3, 0.4) is 0 Å². The molecule has 0 spiro atoms. The number of carbonyl (C=O) groups is 1. The molecule has 1 aromatic heterocycles. The highest BCUT2D eigenvalue weighted by atomic mass is 19.4. The summed E-state index contributed by atoms with van der Waals surface area (Å²) in [6.07, 6.45) is -0.949. The fourth-order valence-electron chi connectivity index (χ4n) is 3.22. The summed E-state index contributed by atoms with van der Waals surface area (Å²) >= 11 is 0. The molecule has 1 aliphatic rings. The molecule has 2 atom stereocenters. The molecule has 0 bridgehead atoms. The number of nitrogens with one attached hydrogen (secondary N) is 1. The van der Waals surface area contributed by atoms with Gasteiger partial charge in [0, 0.05) is 11.6 Å². The highest BCUT2D eigenvalue weighted by molar-refractivity contribution is 5.95. The lowest BCUT2D eigenvalue weighted by molar-refractivity contribution is -0.138. The molecule has 4 rings (SSSR count). The van der Waals surface area contributed by atoms with Crippen LogP contribution < -0.4 is 5.32 Å². The molecule has 3 aromatic rings. The van der Waals surface area contributed by atoms with Gasteiger partial charge in [0.25, 0.3) is 0 Å². The summed E-state index contributed by atoms with van der Waals surface area (Å²) in [5.74, 6) is -1.16. The van der Waals surface area contributed by atoms with Gasteiger partial charge in [-0.05, 0) is 42.2 Å². The van der Waals surface area contributed by atoms with Crippen molar-refractivity contribution in [2.45, 2.75) is 18.5 Å². The lowest BCUT2D eigenvalue weighted by atomic mass is 10.0. The van der Waals surface area contributed by atoms with Crippen molar-refractivity contribution < 1.29 is 18.0 Å². The third-order valence-electron chi connectivity index (χ3n) is 4.62. The maximum absolute atomic E-state index is 13.2. The molecule has 1 amide bonds. The Morgan fingerprint density at radius 2 is 1.81 bits per heavy atom. The number of halogens is 3. The van der Waals surface area contributed by atoms with E-state index in [4.69, 9.17) is 0 Å². The van der Waals surface area contributed by atoms with E-state index >= 15 is 0 Å². The van der Waals surface area contributed by atoms with E-state index in [1.807, 2.05) is 6.07 Å². The molecule has 1 heterocycles. The number of amides is 1. The monoisotopic (exact) mass is 372 g/mol. The summed E-state index contributed by atoms with van der Waals surface area (Å²) < 4.78 is 41.2. The molecule has 5 nitrogen and oxygen atoms in total. The molecule has 0 saturated heterocycles. The van der Waals surface area contributed by atoms with Gasteiger partial charge in [0.1, 0.15) is 12.7 Å². The summed E-state index contributed by atoms with van der Waals surface area (Å²) in [6, 6.07) is 12.5. The molecule has 1 fully saturated rings. The minimum absolute atomic E-state index is 0.184. The first-order valence-electron chi connectivity index (χ1n) is 8.35. The Kier molecular flexibility index (Phi) is 4.18. The van der Waals surface area contributed by atoms with Crippen LogP contribution in [-0.2, 0) is 11.0 Å². The van der Waals surface area contributed by atoms with E-state index in [0.717, 1.165) is 11.8 Å². The fraction of sp³-hybridized carbons (Fsp3) is 0.211. The highest BCUT2D eigenvalue weighted by Gasteiger charge is 2.47. The molecule has 138 valence electrons. The zero-order chi connectivity index (χ0) is 19.0. The number of carbonyl (C=O) groups excluding carboxylic acids is 1. The number of hydrogen-bond donors (Lipinski definition) is 1. The highest BCUT2D eigenvalue weighted by Crippen LogP contribution is 2.51. The maximum atomic E-state index is 13.2. The largest absolute Gasteiger partial charge is 0.416 e. The molecular formula is C19H15F3N4O. The number of hydrogen-bond acceptors (Lipinski definition) is 3. The predicted molar refractivity (Wildman–Crippen MR) is 92.3 cm³/mol. The molecule has 1 saturated carbocycles. The molecule has 2 aromatic carbocycles. The quantitative estimate of drug-likeness (QED) is 0.752. The van der Waals surface area contributed by atoms with Crippen LogP contribution in [0.1, 0.15) is 23.5 Å². The van der Waals surface area contributed by atoms with Crippen LogP contribution in [0.2, 0.25) is 0 Å². The van der Waals surface area contributed by atoms with Crippen molar-refractivity contribution in [2.75, 3.05) is 5.32 Å². The Labute approximate surface area is 152 Å². The third-order valence-corrected chi connectivity index (χ3v) is 4.62. The van der Waals surface area contributed by atoms with Gasteiger partial charge in [-0.2, -0.15) is 13.2 Å². The van der Waals surface area contributed by atoms with E-state index in [1.54, 1.807) is 28.8 Å². The van der Waals surface area contributed by atoms with Gasteiger partial charge in [0.15, 0.2) is 0 Å². The molecule has 0 aliphatic heterocycles. The van der Waals surface area contributed by atoms with Crippen molar-refractivity contribution in [3.05, 3.63) is 72.3 Å². The van der Waals surface area contributed by atoms with Crippen molar-refractivity contribution in [2.24, 2.45) is 5.92 Å². The van der Waals surface area contributed by atoms with Crippen LogP contribution in [0, 0.1) is 5.92 Å². The normalized spacial score (nSPS) is 18.9. The van der Waals surface area contributed by atoms with E-state index in [2.05, 4.69) is 15.5 Å². The smallest absolute Gasteiger partial charge is 0.326 e. The topological polar surface area (TPSA) is 59.8 Å². The minimum atomic E-state index is -4.42. The molecule has 1 aliphatic carbocycles. The molecule has 1 N–H and O–H groups in total. The lowest BCUT2D eigenvalue weighted by Crippen LogP contribution is -2.15. The van der Waals surface area contributed by atoms with Crippen molar-refractivity contribution in [1.29, 1.82) is 0 Å². The number of nitrogens with zero attached hydrogens (tertiary/aromatic N) is 3. The Balaban J connectivity index is 1.48. The number of benzene rings is 2. The van der Waals surface area contributed by atoms with Gasteiger partial charge < -0.3 is 5.32 Å². The van der Waals surface area contributed by atoms with Gasteiger partial charge in [-0.3, -0.25) is 9.36 Å². The van der Waals surface area contributed by atoms with Crippen LogP contribution >= 0.6 is 0 Å². The first-order valence-corrected chi connectivity index (χ1v) is 8.35. The first kappa shape index (κ1) is 17.3. The number of rotatable bonds is 4. The van der Waals surface area contributed by atoms with Crippen LogP contribution in [-0.4, -0.2) is 20.7 Å². The molecule has 8 heteroatoms. The van der Waals surface area contributed by atoms with Crippen LogP contribution in [0.4, 0.5) is 18.9 Å². The average molecular weight is 372 g/mol. The standard InChI is InChI=1S/C19H15F3N4O/c20-19(21,22)17-7-2-1-6-14(17)15-9-16(15)18(27)25-12-4-3-5-13(8-12)26-10-23-24-11-26/h1-8,10-11,15-16H,9H2,(H,25,27)/t15-,16+/m1/s1. The second-order valence-electron chi connectivity index (χ2n) is 6.44. The zero-order valence-corrected chi connectivity index (χ0v) is 14.0.